The molecule has 0 radical (unpaired) electrons. The second-order valence-electron chi connectivity index (χ2n) is 5.30. The van der Waals surface area contributed by atoms with Gasteiger partial charge in [-0.2, -0.15) is 0 Å². The molecule has 2 rings (SSSR count). The van der Waals surface area contributed by atoms with Crippen molar-refractivity contribution in [3.63, 3.8) is 0 Å². The van der Waals surface area contributed by atoms with Crippen molar-refractivity contribution >= 4 is 16.7 Å². The van der Waals surface area contributed by atoms with Crippen LogP contribution in [0, 0.1) is 0 Å². The van der Waals surface area contributed by atoms with Crippen molar-refractivity contribution in [1.82, 2.24) is 0 Å². The van der Waals surface area contributed by atoms with E-state index in [0.717, 1.165) is 36.5 Å². The third-order valence-electron chi connectivity index (χ3n) is 3.59. The number of hydrogen-bond acceptors (Lipinski definition) is 2. The Balaban J connectivity index is 2.02. The lowest BCUT2D eigenvalue weighted by atomic mass is 10.1. The molecule has 0 bridgehead atoms. The van der Waals surface area contributed by atoms with Gasteiger partial charge in [0.05, 0.1) is 0 Å². The normalized spacial score (nSPS) is 12.2. The van der Waals surface area contributed by atoms with Gasteiger partial charge < -0.3 is 9.84 Å². The van der Waals surface area contributed by atoms with Crippen LogP contribution in [-0.4, -0.2) is 17.2 Å². The predicted octanol–water partition coefficient (Wildman–Crippen LogP) is 4.64. The van der Waals surface area contributed by atoms with Gasteiger partial charge in [0.2, 0.25) is 0 Å². The third kappa shape index (κ3) is 4.48. The number of hydrogen-bond donors (Lipinski definition) is 1. The molecule has 0 aliphatic heterocycles. The van der Waals surface area contributed by atoms with Gasteiger partial charge in [-0.15, -0.1) is 0 Å². The van der Waals surface area contributed by atoms with Crippen LogP contribution in [-0.2, 0) is 4.79 Å². The Bertz CT molecular complexity index is 592. The van der Waals surface area contributed by atoms with Gasteiger partial charge in [0.15, 0.2) is 6.10 Å². The first kappa shape index (κ1) is 15.4. The summed E-state index contributed by atoms with van der Waals surface area (Å²) in [6, 6.07) is 13.7. The number of carboxylic acids is 1. The summed E-state index contributed by atoms with van der Waals surface area (Å²) in [6.07, 6.45) is 4.02. The maximum absolute atomic E-state index is 11.3. The molecule has 0 fully saturated rings. The highest BCUT2D eigenvalue weighted by Crippen LogP contribution is 2.22. The molecule has 1 atom stereocenters. The Kier molecular flexibility index (Phi) is 5.61. The largest absolute Gasteiger partial charge is 0.479 e. The SMILES string of the molecule is CCCCCCC(Oc1ccc2ccccc2c1)C(=O)O. The Morgan fingerprint density at radius 1 is 1.10 bits per heavy atom. The molecule has 0 aromatic heterocycles. The van der Waals surface area contributed by atoms with Gasteiger partial charge in [0.25, 0.3) is 0 Å². The van der Waals surface area contributed by atoms with Crippen molar-refractivity contribution in [2.45, 2.75) is 45.1 Å². The van der Waals surface area contributed by atoms with E-state index in [4.69, 9.17) is 4.74 Å². The molecule has 0 heterocycles. The number of fused-ring (bicyclic) bond motifs is 1. The van der Waals surface area contributed by atoms with Crippen LogP contribution in [0.15, 0.2) is 42.5 Å². The summed E-state index contributed by atoms with van der Waals surface area (Å²) < 4.78 is 5.66. The summed E-state index contributed by atoms with van der Waals surface area (Å²) in [5.41, 5.74) is 0. The average Bonchev–Trinajstić information content (AvgIpc) is 2.50. The Hall–Kier alpha value is -2.03. The minimum absolute atomic E-state index is 0.558. The molecule has 0 aliphatic carbocycles. The predicted molar refractivity (Wildman–Crippen MR) is 84.8 cm³/mol. The Labute approximate surface area is 125 Å². The van der Waals surface area contributed by atoms with Gasteiger partial charge in [-0.1, -0.05) is 56.5 Å². The van der Waals surface area contributed by atoms with Crippen molar-refractivity contribution in [2.75, 3.05) is 0 Å². The number of ether oxygens (including phenoxy) is 1. The lowest BCUT2D eigenvalue weighted by molar-refractivity contribution is -0.145. The number of benzene rings is 2. The van der Waals surface area contributed by atoms with Crippen LogP contribution >= 0.6 is 0 Å². The maximum Gasteiger partial charge on any atom is 0.344 e. The fourth-order valence-corrected chi connectivity index (χ4v) is 2.39. The summed E-state index contributed by atoms with van der Waals surface area (Å²) in [4.78, 5) is 11.3. The van der Waals surface area contributed by atoms with Gasteiger partial charge in [-0.25, -0.2) is 4.79 Å². The summed E-state index contributed by atoms with van der Waals surface area (Å²) >= 11 is 0. The minimum Gasteiger partial charge on any atom is -0.479 e. The number of aliphatic carboxylic acids is 1. The maximum atomic E-state index is 11.3. The molecule has 0 saturated carbocycles. The quantitative estimate of drug-likeness (QED) is 0.719. The highest BCUT2D eigenvalue weighted by Gasteiger charge is 2.18. The Morgan fingerprint density at radius 3 is 2.57 bits per heavy atom. The van der Waals surface area contributed by atoms with Crippen LogP contribution in [0.5, 0.6) is 5.75 Å². The van der Waals surface area contributed by atoms with Crippen molar-refractivity contribution in [3.05, 3.63) is 42.5 Å². The van der Waals surface area contributed by atoms with E-state index >= 15 is 0 Å². The summed E-state index contributed by atoms with van der Waals surface area (Å²) in [5.74, 6) is -0.267. The first-order chi connectivity index (χ1) is 10.2. The van der Waals surface area contributed by atoms with Gasteiger partial charge in [-0.3, -0.25) is 0 Å². The molecule has 2 aromatic rings. The fraction of sp³-hybridized carbons (Fsp3) is 0.389. The van der Waals surface area contributed by atoms with Crippen LogP contribution in [0.4, 0.5) is 0 Å². The van der Waals surface area contributed by atoms with Crippen molar-refractivity contribution < 1.29 is 14.6 Å². The molecular formula is C18H22O3. The number of carbonyl (C=O) groups is 1. The number of unbranched alkanes of at least 4 members (excludes halogenated alkanes) is 3. The molecule has 2 aromatic carbocycles. The summed E-state index contributed by atoms with van der Waals surface area (Å²) in [5, 5.41) is 11.5. The summed E-state index contributed by atoms with van der Waals surface area (Å²) in [7, 11) is 0. The van der Waals surface area contributed by atoms with Crippen molar-refractivity contribution in [2.24, 2.45) is 0 Å². The number of rotatable bonds is 8. The first-order valence-corrected chi connectivity index (χ1v) is 7.59. The zero-order valence-electron chi connectivity index (χ0n) is 12.4. The molecule has 3 heteroatoms. The van der Waals surface area contributed by atoms with Gasteiger partial charge >= 0.3 is 5.97 Å². The van der Waals surface area contributed by atoms with Crippen LogP contribution in [0.2, 0.25) is 0 Å². The summed E-state index contributed by atoms with van der Waals surface area (Å²) in [6.45, 7) is 2.14. The molecule has 0 aliphatic rings. The highest BCUT2D eigenvalue weighted by molar-refractivity contribution is 5.83. The monoisotopic (exact) mass is 286 g/mol. The van der Waals surface area contributed by atoms with E-state index in [9.17, 15) is 9.90 Å². The molecular weight excluding hydrogens is 264 g/mol. The van der Waals surface area contributed by atoms with Crippen LogP contribution in [0.3, 0.4) is 0 Å². The van der Waals surface area contributed by atoms with E-state index in [-0.39, 0.29) is 0 Å². The molecule has 3 nitrogen and oxygen atoms in total. The minimum atomic E-state index is -0.889. The second-order valence-corrected chi connectivity index (χ2v) is 5.30. The van der Waals surface area contributed by atoms with E-state index in [0.29, 0.717) is 12.2 Å². The van der Waals surface area contributed by atoms with Crippen molar-refractivity contribution in [3.8, 4) is 5.75 Å². The van der Waals surface area contributed by atoms with Crippen LogP contribution in [0.1, 0.15) is 39.0 Å². The smallest absolute Gasteiger partial charge is 0.344 e. The van der Waals surface area contributed by atoms with E-state index in [2.05, 4.69) is 6.92 Å². The zero-order valence-corrected chi connectivity index (χ0v) is 12.4. The Morgan fingerprint density at radius 2 is 1.86 bits per heavy atom. The lowest BCUT2D eigenvalue weighted by Gasteiger charge is -2.15. The molecule has 112 valence electrons. The van der Waals surface area contributed by atoms with E-state index in [1.165, 1.54) is 0 Å². The zero-order chi connectivity index (χ0) is 15.1. The molecule has 1 N–H and O–H groups in total. The van der Waals surface area contributed by atoms with Gasteiger partial charge in [0.1, 0.15) is 5.75 Å². The van der Waals surface area contributed by atoms with E-state index in [1.54, 1.807) is 0 Å². The molecule has 21 heavy (non-hydrogen) atoms. The van der Waals surface area contributed by atoms with E-state index < -0.39 is 12.1 Å². The van der Waals surface area contributed by atoms with Gasteiger partial charge in [0, 0.05) is 0 Å². The standard InChI is InChI=1S/C18H22O3/c1-2-3-4-5-10-17(18(19)20)21-16-12-11-14-8-6-7-9-15(14)13-16/h6-9,11-13,17H,2-5,10H2,1H3,(H,19,20). The van der Waals surface area contributed by atoms with Crippen molar-refractivity contribution in [1.29, 1.82) is 0 Å². The molecule has 0 spiro atoms. The fourth-order valence-electron chi connectivity index (χ4n) is 2.39. The van der Waals surface area contributed by atoms with Gasteiger partial charge in [-0.05, 0) is 35.7 Å². The van der Waals surface area contributed by atoms with E-state index in [1.807, 2.05) is 42.5 Å². The first-order valence-electron chi connectivity index (χ1n) is 7.59. The number of carboxylic acid groups (broad SMARTS) is 1. The topological polar surface area (TPSA) is 46.5 Å². The van der Waals surface area contributed by atoms with Crippen LogP contribution < -0.4 is 4.74 Å². The molecule has 1 unspecified atom stereocenters. The second kappa shape index (κ2) is 7.67. The molecule has 0 saturated heterocycles. The van der Waals surface area contributed by atoms with Crippen LogP contribution in [0.25, 0.3) is 10.8 Å². The lowest BCUT2D eigenvalue weighted by Crippen LogP contribution is -2.26. The third-order valence-corrected chi connectivity index (χ3v) is 3.59. The highest BCUT2D eigenvalue weighted by atomic mass is 16.5. The average molecular weight is 286 g/mol. The molecule has 0 amide bonds.